The molecule has 0 N–H and O–H groups in total. The van der Waals surface area contributed by atoms with E-state index in [2.05, 4.69) is 5.10 Å². The van der Waals surface area contributed by atoms with Crippen LogP contribution in [0.15, 0.2) is 36.5 Å². The normalized spacial score (nSPS) is 20.7. The summed E-state index contributed by atoms with van der Waals surface area (Å²) >= 11 is 5.87. The van der Waals surface area contributed by atoms with Crippen LogP contribution in [0, 0.1) is 0 Å². The first-order chi connectivity index (χ1) is 11.1. The van der Waals surface area contributed by atoms with Gasteiger partial charge in [0.15, 0.2) is 6.10 Å². The smallest absolute Gasteiger partial charge is 0.434 e. The maximum Gasteiger partial charge on any atom is 0.434 e. The van der Waals surface area contributed by atoms with Crippen LogP contribution in [0.5, 0.6) is 5.88 Å². The largest absolute Gasteiger partial charge is 0.473 e. The van der Waals surface area contributed by atoms with Crippen molar-refractivity contribution in [3.8, 4) is 11.6 Å². The van der Waals surface area contributed by atoms with Gasteiger partial charge in [-0.15, -0.1) is 5.10 Å². The van der Waals surface area contributed by atoms with Gasteiger partial charge in [-0.3, -0.25) is 4.84 Å². The topological polar surface area (TPSA) is 65.8 Å². The Balaban J connectivity index is 1.62. The molecule has 8 heteroatoms. The van der Waals surface area contributed by atoms with Gasteiger partial charge in [-0.25, -0.2) is 9.48 Å². The van der Waals surface area contributed by atoms with E-state index in [9.17, 15) is 4.79 Å². The lowest BCUT2D eigenvalue weighted by Gasteiger charge is -2.17. The Kier molecular flexibility index (Phi) is 4.40. The van der Waals surface area contributed by atoms with E-state index < -0.39 is 12.2 Å². The fourth-order valence-electron chi connectivity index (χ4n) is 2.30. The van der Waals surface area contributed by atoms with Gasteiger partial charge in [-0.05, 0) is 31.2 Å². The fraction of sp³-hybridized carbons (Fsp3) is 0.333. The number of cyclic esters (lactones) is 1. The average Bonchev–Trinajstić information content (AvgIpc) is 3.11. The summed E-state index contributed by atoms with van der Waals surface area (Å²) in [4.78, 5) is 16.5. The van der Waals surface area contributed by atoms with Crippen LogP contribution in [0.25, 0.3) is 5.69 Å². The Bertz CT molecular complexity index is 688. The third kappa shape index (κ3) is 3.25. The summed E-state index contributed by atoms with van der Waals surface area (Å²) in [6, 6.07) is 8.80. The van der Waals surface area contributed by atoms with E-state index in [4.69, 9.17) is 25.9 Å². The van der Waals surface area contributed by atoms with Crippen molar-refractivity contribution in [2.45, 2.75) is 19.1 Å². The van der Waals surface area contributed by atoms with Crippen LogP contribution in [-0.2, 0) is 9.57 Å². The number of rotatable bonds is 5. The first-order valence-corrected chi connectivity index (χ1v) is 7.44. The van der Waals surface area contributed by atoms with Crippen LogP contribution in [0.2, 0.25) is 5.02 Å². The second kappa shape index (κ2) is 6.47. The van der Waals surface area contributed by atoms with Crippen LogP contribution in [0.3, 0.4) is 0 Å². The number of hydrogen-bond donors (Lipinski definition) is 0. The predicted molar refractivity (Wildman–Crippen MR) is 82.6 cm³/mol. The van der Waals surface area contributed by atoms with Gasteiger partial charge in [0.2, 0.25) is 5.88 Å². The molecule has 1 aliphatic heterocycles. The zero-order valence-electron chi connectivity index (χ0n) is 12.7. The summed E-state index contributed by atoms with van der Waals surface area (Å²) in [7, 11) is 1.43. The number of ether oxygens (including phenoxy) is 2. The second-order valence-electron chi connectivity index (χ2n) is 5.06. The van der Waals surface area contributed by atoms with Crippen LogP contribution >= 0.6 is 11.6 Å². The van der Waals surface area contributed by atoms with Crippen LogP contribution in [0.1, 0.15) is 6.92 Å². The Labute approximate surface area is 138 Å². The molecular weight excluding hydrogens is 322 g/mol. The van der Waals surface area contributed by atoms with Crippen molar-refractivity contribution in [2.75, 3.05) is 13.7 Å². The molecule has 2 atom stereocenters. The molecule has 23 heavy (non-hydrogen) atoms. The summed E-state index contributed by atoms with van der Waals surface area (Å²) < 4.78 is 12.5. The summed E-state index contributed by atoms with van der Waals surface area (Å²) in [5, 5.41) is 6.17. The van der Waals surface area contributed by atoms with Crippen molar-refractivity contribution in [1.82, 2.24) is 14.8 Å². The van der Waals surface area contributed by atoms with E-state index in [1.165, 1.54) is 12.2 Å². The number of aromatic nitrogens is 2. The van der Waals surface area contributed by atoms with Gasteiger partial charge in [-0.1, -0.05) is 11.6 Å². The highest BCUT2D eigenvalue weighted by atomic mass is 35.5. The molecule has 0 radical (unpaired) electrons. The van der Waals surface area contributed by atoms with Gasteiger partial charge in [-0.2, -0.15) is 5.06 Å². The molecule has 1 amide bonds. The van der Waals surface area contributed by atoms with E-state index in [1.807, 2.05) is 19.1 Å². The molecule has 2 heterocycles. The van der Waals surface area contributed by atoms with Gasteiger partial charge in [0.1, 0.15) is 12.6 Å². The van der Waals surface area contributed by atoms with Crippen molar-refractivity contribution in [2.24, 2.45) is 0 Å². The molecule has 1 saturated heterocycles. The highest BCUT2D eigenvalue weighted by Gasteiger charge is 2.40. The van der Waals surface area contributed by atoms with Crippen molar-refractivity contribution in [3.05, 3.63) is 41.6 Å². The molecule has 2 aromatic rings. The third-order valence-electron chi connectivity index (χ3n) is 3.59. The third-order valence-corrected chi connectivity index (χ3v) is 3.84. The molecule has 2 unspecified atom stereocenters. The SMILES string of the molecule is CON1C(=O)OC(COc2ccn(-c3ccc(Cl)cc3)n2)C1C. The number of nitrogens with zero attached hydrogens (tertiary/aromatic N) is 3. The molecule has 122 valence electrons. The Morgan fingerprint density at radius 1 is 1.30 bits per heavy atom. The Hall–Kier alpha value is -2.25. The zero-order valence-corrected chi connectivity index (χ0v) is 13.4. The van der Waals surface area contributed by atoms with Crippen LogP contribution in [0.4, 0.5) is 4.79 Å². The van der Waals surface area contributed by atoms with E-state index in [0.717, 1.165) is 5.69 Å². The van der Waals surface area contributed by atoms with Crippen molar-refractivity contribution in [1.29, 1.82) is 0 Å². The number of carbonyl (C=O) groups excluding carboxylic acids is 1. The molecule has 1 fully saturated rings. The molecule has 0 bridgehead atoms. The fourth-order valence-corrected chi connectivity index (χ4v) is 2.43. The minimum Gasteiger partial charge on any atom is -0.473 e. The highest BCUT2D eigenvalue weighted by molar-refractivity contribution is 6.30. The number of carbonyl (C=O) groups is 1. The molecule has 1 aromatic carbocycles. The maximum atomic E-state index is 11.5. The maximum absolute atomic E-state index is 11.5. The Morgan fingerprint density at radius 3 is 2.70 bits per heavy atom. The molecular formula is C15H16ClN3O4. The summed E-state index contributed by atoms with van der Waals surface area (Å²) in [5.41, 5.74) is 0.871. The molecule has 0 aliphatic carbocycles. The number of benzene rings is 1. The lowest BCUT2D eigenvalue weighted by molar-refractivity contribution is -0.100. The number of hydrogen-bond acceptors (Lipinski definition) is 5. The number of halogens is 1. The number of amides is 1. The molecule has 0 spiro atoms. The van der Waals surface area contributed by atoms with Crippen molar-refractivity contribution < 1.29 is 19.1 Å². The quantitative estimate of drug-likeness (QED) is 0.839. The predicted octanol–water partition coefficient (Wildman–Crippen LogP) is 2.68. The highest BCUT2D eigenvalue weighted by Crippen LogP contribution is 2.21. The van der Waals surface area contributed by atoms with E-state index in [-0.39, 0.29) is 12.6 Å². The molecule has 7 nitrogen and oxygen atoms in total. The van der Waals surface area contributed by atoms with Crippen LogP contribution in [-0.4, -0.2) is 46.8 Å². The molecule has 1 aliphatic rings. The monoisotopic (exact) mass is 337 g/mol. The van der Waals surface area contributed by atoms with Crippen molar-refractivity contribution in [3.63, 3.8) is 0 Å². The zero-order chi connectivity index (χ0) is 16.4. The summed E-state index contributed by atoms with van der Waals surface area (Å²) in [5.74, 6) is 0.444. The number of hydroxylamine groups is 2. The average molecular weight is 338 g/mol. The first-order valence-electron chi connectivity index (χ1n) is 7.07. The lowest BCUT2D eigenvalue weighted by atomic mass is 10.2. The van der Waals surface area contributed by atoms with E-state index >= 15 is 0 Å². The van der Waals surface area contributed by atoms with Gasteiger partial charge in [0.25, 0.3) is 0 Å². The molecule has 0 saturated carbocycles. The summed E-state index contributed by atoms with van der Waals surface area (Å²) in [6.07, 6.45) is 0.854. The lowest BCUT2D eigenvalue weighted by Crippen LogP contribution is -2.35. The van der Waals surface area contributed by atoms with Crippen molar-refractivity contribution >= 4 is 17.7 Å². The molecule has 3 rings (SSSR count). The van der Waals surface area contributed by atoms with Gasteiger partial charge in [0.05, 0.1) is 12.8 Å². The Morgan fingerprint density at radius 2 is 2.04 bits per heavy atom. The van der Waals surface area contributed by atoms with Gasteiger partial charge < -0.3 is 9.47 Å². The van der Waals surface area contributed by atoms with Crippen LogP contribution < -0.4 is 4.74 Å². The minimum absolute atomic E-state index is 0.199. The standard InChI is InChI=1S/C15H16ClN3O4/c1-10-13(23-15(20)19(10)21-2)9-22-14-7-8-18(17-14)12-5-3-11(16)4-6-12/h3-8,10,13H,9H2,1-2H3. The first kappa shape index (κ1) is 15.6. The second-order valence-corrected chi connectivity index (χ2v) is 5.49. The van der Waals surface area contributed by atoms with E-state index in [1.54, 1.807) is 29.1 Å². The van der Waals surface area contributed by atoms with Gasteiger partial charge >= 0.3 is 6.09 Å². The summed E-state index contributed by atoms with van der Waals surface area (Å²) in [6.45, 7) is 2.03. The molecule has 1 aromatic heterocycles. The van der Waals surface area contributed by atoms with E-state index in [0.29, 0.717) is 10.9 Å². The minimum atomic E-state index is -0.514. The van der Waals surface area contributed by atoms with Gasteiger partial charge in [0, 0.05) is 17.3 Å².